The third-order valence-corrected chi connectivity index (χ3v) is 2.61. The second-order valence-electron chi connectivity index (χ2n) is 1.51. The molecule has 0 atom stereocenters. The van der Waals surface area contributed by atoms with Gasteiger partial charge in [0.05, 0.1) is 0 Å². The van der Waals surface area contributed by atoms with Gasteiger partial charge in [0.25, 0.3) is 0 Å². The summed E-state index contributed by atoms with van der Waals surface area (Å²) < 4.78 is 4.85. The van der Waals surface area contributed by atoms with Gasteiger partial charge in [-0.05, 0) is 11.5 Å². The summed E-state index contributed by atoms with van der Waals surface area (Å²) in [6.07, 6.45) is 7.43. The molecule has 0 fully saturated rings. The van der Waals surface area contributed by atoms with Crippen LogP contribution in [0.5, 0.6) is 0 Å². The molecule has 0 bridgehead atoms. The van der Waals surface area contributed by atoms with Crippen molar-refractivity contribution in [2.45, 2.75) is 10.8 Å². The minimum absolute atomic E-state index is 0.796. The van der Waals surface area contributed by atoms with Crippen molar-refractivity contribution in [1.29, 1.82) is 0 Å². The van der Waals surface area contributed by atoms with Crippen molar-refractivity contribution in [2.75, 3.05) is 5.75 Å². The fourth-order valence-electron chi connectivity index (χ4n) is 0.424. The zero-order valence-electron chi connectivity index (χ0n) is 5.28. The number of rotatable bonds is 3. The Morgan fingerprint density at radius 1 is 1.80 bits per heavy atom. The summed E-state index contributed by atoms with van der Waals surface area (Å²) in [7, 11) is 0. The largest absolute Gasteiger partial charge is 0.216 e. The van der Waals surface area contributed by atoms with E-state index in [-0.39, 0.29) is 0 Å². The first kappa shape index (κ1) is 7.58. The lowest BCUT2D eigenvalue weighted by atomic mass is 10.5. The van der Waals surface area contributed by atoms with Crippen LogP contribution in [-0.2, 0) is 0 Å². The van der Waals surface area contributed by atoms with Crippen molar-refractivity contribution in [3.05, 3.63) is 6.33 Å². The molecule has 10 heavy (non-hydrogen) atoms. The Bertz CT molecular complexity index is 212. The van der Waals surface area contributed by atoms with Crippen molar-refractivity contribution in [2.24, 2.45) is 0 Å². The van der Waals surface area contributed by atoms with E-state index in [4.69, 9.17) is 6.42 Å². The second kappa shape index (κ2) is 4.31. The first-order chi connectivity index (χ1) is 4.93. The fourth-order valence-corrected chi connectivity index (χ4v) is 1.81. The number of thioether (sulfide) groups is 1. The molecule has 0 N–H and O–H groups in total. The average Bonchev–Trinajstić information content (AvgIpc) is 2.41. The maximum atomic E-state index is 5.07. The van der Waals surface area contributed by atoms with Crippen LogP contribution in [0.25, 0.3) is 0 Å². The molecule has 0 spiro atoms. The van der Waals surface area contributed by atoms with Crippen molar-refractivity contribution < 1.29 is 0 Å². The van der Waals surface area contributed by atoms with Crippen molar-refractivity contribution in [3.8, 4) is 12.3 Å². The number of hydrogen-bond acceptors (Lipinski definition) is 4. The van der Waals surface area contributed by atoms with E-state index in [0.717, 1.165) is 16.5 Å². The number of hydrogen-bond donors (Lipinski definition) is 0. The summed E-state index contributed by atoms with van der Waals surface area (Å²) in [4.78, 5) is 3.99. The summed E-state index contributed by atoms with van der Waals surface area (Å²) in [6.45, 7) is 0. The highest BCUT2D eigenvalue weighted by atomic mass is 32.2. The topological polar surface area (TPSA) is 25.8 Å². The van der Waals surface area contributed by atoms with Crippen LogP contribution in [-0.4, -0.2) is 15.1 Å². The van der Waals surface area contributed by atoms with Crippen LogP contribution in [0.3, 0.4) is 0 Å². The Labute approximate surface area is 68.2 Å². The Hall–Kier alpha value is -0.530. The average molecular weight is 170 g/mol. The van der Waals surface area contributed by atoms with Gasteiger partial charge in [0.2, 0.25) is 0 Å². The molecule has 0 saturated heterocycles. The van der Waals surface area contributed by atoms with Gasteiger partial charge in [0.1, 0.15) is 6.33 Å². The summed E-state index contributed by atoms with van der Waals surface area (Å²) in [6, 6.07) is 0. The van der Waals surface area contributed by atoms with Crippen LogP contribution >= 0.6 is 23.3 Å². The fraction of sp³-hybridized carbons (Fsp3) is 0.333. The molecule has 1 heterocycles. The highest BCUT2D eigenvalue weighted by Gasteiger charge is 1.94. The van der Waals surface area contributed by atoms with Crippen molar-refractivity contribution in [1.82, 2.24) is 9.36 Å². The lowest BCUT2D eigenvalue weighted by Crippen LogP contribution is -1.73. The van der Waals surface area contributed by atoms with Gasteiger partial charge in [0.15, 0.2) is 4.34 Å². The van der Waals surface area contributed by atoms with Crippen LogP contribution in [0.4, 0.5) is 0 Å². The van der Waals surface area contributed by atoms with Crippen molar-refractivity contribution in [3.63, 3.8) is 0 Å². The number of aromatic nitrogens is 2. The number of terminal acetylenes is 1. The molecule has 1 rings (SSSR count). The monoisotopic (exact) mass is 170 g/mol. The van der Waals surface area contributed by atoms with Gasteiger partial charge in [-0.1, -0.05) is 11.8 Å². The molecule has 0 unspecified atom stereocenters. The van der Waals surface area contributed by atoms with Gasteiger partial charge >= 0.3 is 0 Å². The molecule has 2 nitrogen and oxygen atoms in total. The van der Waals surface area contributed by atoms with E-state index in [2.05, 4.69) is 15.3 Å². The minimum Gasteiger partial charge on any atom is -0.216 e. The Morgan fingerprint density at radius 3 is 3.30 bits per heavy atom. The molecule has 0 aliphatic rings. The van der Waals surface area contributed by atoms with Gasteiger partial charge in [-0.2, -0.15) is 4.37 Å². The summed E-state index contributed by atoms with van der Waals surface area (Å²) in [5, 5.41) is 0. The second-order valence-corrected chi connectivity index (χ2v) is 3.63. The smallest absolute Gasteiger partial charge is 0.169 e. The third kappa shape index (κ3) is 2.38. The predicted octanol–water partition coefficient (Wildman–Crippen LogP) is 1.65. The van der Waals surface area contributed by atoms with Gasteiger partial charge in [-0.25, -0.2) is 4.98 Å². The molecular weight excluding hydrogens is 164 g/mol. The van der Waals surface area contributed by atoms with E-state index in [1.54, 1.807) is 18.1 Å². The molecule has 0 amide bonds. The van der Waals surface area contributed by atoms with Crippen LogP contribution in [0.2, 0.25) is 0 Å². The van der Waals surface area contributed by atoms with Gasteiger partial charge < -0.3 is 0 Å². The molecule has 1 aromatic heterocycles. The molecule has 0 saturated carbocycles. The normalized spacial score (nSPS) is 9.10. The Kier molecular flexibility index (Phi) is 3.27. The van der Waals surface area contributed by atoms with E-state index >= 15 is 0 Å². The Morgan fingerprint density at radius 2 is 2.70 bits per heavy atom. The molecular formula is C6H6N2S2. The van der Waals surface area contributed by atoms with Gasteiger partial charge in [-0.3, -0.25) is 0 Å². The quantitative estimate of drug-likeness (QED) is 0.392. The molecule has 0 aliphatic carbocycles. The van der Waals surface area contributed by atoms with Crippen LogP contribution < -0.4 is 0 Å². The summed E-state index contributed by atoms with van der Waals surface area (Å²) >= 11 is 3.06. The summed E-state index contributed by atoms with van der Waals surface area (Å²) in [5.74, 6) is 3.50. The SMILES string of the molecule is C#CCCSc1ncns1. The minimum atomic E-state index is 0.796. The third-order valence-electron chi connectivity index (χ3n) is 0.813. The highest BCUT2D eigenvalue weighted by molar-refractivity contribution is 8.00. The molecule has 4 heteroatoms. The lowest BCUT2D eigenvalue weighted by molar-refractivity contribution is 1.20. The summed E-state index contributed by atoms with van der Waals surface area (Å²) in [5.41, 5.74) is 0. The molecule has 0 aromatic carbocycles. The zero-order chi connectivity index (χ0) is 7.23. The molecule has 52 valence electrons. The molecule has 0 aliphatic heterocycles. The number of nitrogens with zero attached hydrogens (tertiary/aromatic N) is 2. The standard InChI is InChI=1S/C6H6N2S2/c1-2-3-4-9-6-7-5-8-10-6/h1,5H,3-4H2. The first-order valence-electron chi connectivity index (χ1n) is 2.76. The van der Waals surface area contributed by atoms with E-state index < -0.39 is 0 Å². The van der Waals surface area contributed by atoms with Crippen LogP contribution in [0.1, 0.15) is 6.42 Å². The van der Waals surface area contributed by atoms with Crippen molar-refractivity contribution >= 4 is 23.3 Å². The predicted molar refractivity (Wildman–Crippen MR) is 44.1 cm³/mol. The van der Waals surface area contributed by atoms with E-state index in [9.17, 15) is 0 Å². The highest BCUT2D eigenvalue weighted by Crippen LogP contribution is 2.18. The zero-order valence-corrected chi connectivity index (χ0v) is 6.91. The Balaban J connectivity index is 2.23. The van der Waals surface area contributed by atoms with Crippen LogP contribution in [0, 0.1) is 12.3 Å². The first-order valence-corrected chi connectivity index (χ1v) is 4.52. The maximum absolute atomic E-state index is 5.07. The molecule has 0 radical (unpaired) electrons. The van der Waals surface area contributed by atoms with Crippen LogP contribution in [0.15, 0.2) is 10.7 Å². The maximum Gasteiger partial charge on any atom is 0.169 e. The van der Waals surface area contributed by atoms with E-state index in [1.807, 2.05) is 0 Å². The van der Waals surface area contributed by atoms with E-state index in [0.29, 0.717) is 0 Å². The lowest BCUT2D eigenvalue weighted by Gasteiger charge is -1.87. The van der Waals surface area contributed by atoms with Gasteiger partial charge in [0, 0.05) is 12.2 Å². The van der Waals surface area contributed by atoms with E-state index in [1.165, 1.54) is 11.5 Å². The molecule has 1 aromatic rings. The van der Waals surface area contributed by atoms with Gasteiger partial charge in [-0.15, -0.1) is 12.3 Å².